The average molecular weight is 1010 g/mol. The highest BCUT2D eigenvalue weighted by molar-refractivity contribution is 7.47. The van der Waals surface area contributed by atoms with Gasteiger partial charge in [0.05, 0.1) is 19.8 Å². The number of ether oxygens (including phenoxy) is 3. The van der Waals surface area contributed by atoms with Crippen LogP contribution in [0.4, 0.5) is 0 Å². The van der Waals surface area contributed by atoms with E-state index in [1.165, 1.54) is 83.5 Å². The van der Waals surface area contributed by atoms with Crippen LogP contribution >= 0.6 is 7.82 Å². The molecule has 0 aromatic carbocycles. The number of aliphatic hydroxyl groups is 1. The van der Waals surface area contributed by atoms with E-state index in [-0.39, 0.29) is 25.9 Å². The molecular weight excluding hydrogens is 904 g/mol. The molecule has 0 fully saturated rings. The topological polar surface area (TPSA) is 155 Å². The Hall–Kier alpha value is -2.82. The number of rotatable bonds is 52. The Morgan fingerprint density at radius 2 is 0.757 bits per heavy atom. The molecule has 0 saturated carbocycles. The van der Waals surface area contributed by atoms with Gasteiger partial charge in [-0.3, -0.25) is 23.4 Å². The number of carbonyl (C=O) groups is 3. The summed E-state index contributed by atoms with van der Waals surface area (Å²) in [6.45, 7) is 4.47. The van der Waals surface area contributed by atoms with Gasteiger partial charge in [0.1, 0.15) is 12.7 Å². The van der Waals surface area contributed by atoms with Crippen molar-refractivity contribution in [1.29, 1.82) is 0 Å². The molecule has 0 aromatic heterocycles. The Balaban J connectivity index is 4.72. The minimum atomic E-state index is -4.75. The predicted octanol–water partition coefficient (Wildman–Crippen LogP) is 16.4. The summed E-state index contributed by atoms with van der Waals surface area (Å²) in [5, 5.41) is 9.80. The van der Waals surface area contributed by atoms with Crippen LogP contribution < -0.4 is 0 Å². The second kappa shape index (κ2) is 52.5. The van der Waals surface area contributed by atoms with Crippen molar-refractivity contribution in [3.63, 3.8) is 0 Å². The van der Waals surface area contributed by atoms with Crippen molar-refractivity contribution in [2.75, 3.05) is 26.4 Å². The number of unbranched alkanes of at least 4 members (excludes halogenated alkanes) is 25. The molecule has 0 heterocycles. The summed E-state index contributed by atoms with van der Waals surface area (Å²) < 4.78 is 39.4. The summed E-state index contributed by atoms with van der Waals surface area (Å²) in [4.78, 5) is 48.4. The largest absolute Gasteiger partial charge is 0.472 e. The first-order valence-electron chi connectivity index (χ1n) is 28.2. The average Bonchev–Trinajstić information content (AvgIpc) is 3.35. The van der Waals surface area contributed by atoms with Crippen molar-refractivity contribution in [2.24, 2.45) is 0 Å². The molecule has 0 amide bonds. The van der Waals surface area contributed by atoms with Crippen molar-refractivity contribution in [2.45, 2.75) is 264 Å². The number of hydrogen-bond donors (Lipinski definition) is 2. The van der Waals surface area contributed by atoms with E-state index < -0.39 is 57.8 Å². The second-order valence-electron chi connectivity index (χ2n) is 18.7. The van der Waals surface area contributed by atoms with Crippen molar-refractivity contribution in [3.05, 3.63) is 60.8 Å². The van der Waals surface area contributed by atoms with E-state index in [4.69, 9.17) is 23.3 Å². The van der Waals surface area contributed by atoms with Crippen LogP contribution in [0.1, 0.15) is 252 Å². The van der Waals surface area contributed by atoms with Crippen molar-refractivity contribution in [3.8, 4) is 0 Å². The first kappa shape index (κ1) is 67.2. The quantitative estimate of drug-likeness (QED) is 0.0197. The fraction of sp³-hybridized carbons (Fsp3) is 0.776. The summed E-state index contributed by atoms with van der Waals surface area (Å²) >= 11 is 0. The van der Waals surface area contributed by atoms with Gasteiger partial charge in [-0.1, -0.05) is 216 Å². The van der Waals surface area contributed by atoms with E-state index >= 15 is 0 Å². The number of allylic oxidation sites excluding steroid dienone is 10. The Morgan fingerprint density at radius 3 is 1.20 bits per heavy atom. The third-order valence-electron chi connectivity index (χ3n) is 11.9. The number of esters is 3. The fourth-order valence-electron chi connectivity index (χ4n) is 7.62. The van der Waals surface area contributed by atoms with Crippen LogP contribution in [0.2, 0.25) is 0 Å². The fourth-order valence-corrected chi connectivity index (χ4v) is 8.41. The molecule has 11 nitrogen and oxygen atoms in total. The molecule has 3 unspecified atom stereocenters. The lowest BCUT2D eigenvalue weighted by Crippen LogP contribution is -2.30. The van der Waals surface area contributed by atoms with Gasteiger partial charge >= 0.3 is 25.7 Å². The molecule has 0 aliphatic carbocycles. The maximum atomic E-state index is 12.9. The zero-order chi connectivity index (χ0) is 51.3. The van der Waals surface area contributed by atoms with E-state index in [1.54, 1.807) is 0 Å². The lowest BCUT2D eigenvalue weighted by atomic mass is 10.0. The number of carbonyl (C=O) groups excluding carboxylic acids is 3. The Bertz CT molecular complexity index is 1410. The van der Waals surface area contributed by atoms with E-state index in [0.29, 0.717) is 19.3 Å². The molecule has 0 aliphatic rings. The molecule has 12 heteroatoms. The van der Waals surface area contributed by atoms with Crippen LogP contribution in [-0.4, -0.2) is 66.5 Å². The Kier molecular flexibility index (Phi) is 50.4. The molecule has 3 atom stereocenters. The van der Waals surface area contributed by atoms with E-state index in [0.717, 1.165) is 109 Å². The third kappa shape index (κ3) is 50.1. The highest BCUT2D eigenvalue weighted by Gasteiger charge is 2.28. The molecular formula is C58H103O11P. The van der Waals surface area contributed by atoms with Gasteiger partial charge in [0, 0.05) is 19.3 Å². The van der Waals surface area contributed by atoms with E-state index in [1.807, 2.05) is 0 Å². The number of aliphatic hydroxyl groups excluding tert-OH is 1. The molecule has 406 valence electrons. The van der Waals surface area contributed by atoms with Crippen LogP contribution in [0.5, 0.6) is 0 Å². The van der Waals surface area contributed by atoms with E-state index in [2.05, 4.69) is 81.5 Å². The molecule has 0 saturated heterocycles. The smallest absolute Gasteiger partial charge is 0.462 e. The normalized spacial score (nSPS) is 13.8. The van der Waals surface area contributed by atoms with Crippen LogP contribution in [0, 0.1) is 0 Å². The zero-order valence-corrected chi connectivity index (χ0v) is 45.6. The van der Waals surface area contributed by atoms with Crippen molar-refractivity contribution in [1.82, 2.24) is 0 Å². The summed E-state index contributed by atoms with van der Waals surface area (Å²) in [6, 6.07) is 0. The lowest BCUT2D eigenvalue weighted by molar-refractivity contribution is -0.161. The van der Waals surface area contributed by atoms with Gasteiger partial charge in [0.15, 0.2) is 6.10 Å². The maximum absolute atomic E-state index is 12.9. The van der Waals surface area contributed by atoms with Gasteiger partial charge in [-0.05, 0) is 77.0 Å². The summed E-state index contributed by atoms with van der Waals surface area (Å²) in [6.07, 6.45) is 56.1. The number of phosphoric acid groups is 1. The van der Waals surface area contributed by atoms with Crippen LogP contribution in [0.3, 0.4) is 0 Å². The summed E-state index contributed by atoms with van der Waals surface area (Å²) in [5.74, 6) is -1.50. The standard InChI is InChI=1S/C58H103O11P/c1-4-7-10-13-16-19-22-24-26-27-29-31-34-37-40-43-46-49-58(62)69-55(51-65-56(60)47-44-41-38-35-32-21-18-15-12-9-6-3)53-67-70(63,64)66-52-54(50-59)68-57(61)48-45-42-39-36-33-30-28-25-23-20-17-14-11-8-5-2/h7,10,15-16,18-19,24,26,29,31,54-55,59H,4-6,8-9,11-14,17,20-23,25,27-28,30,32-53H2,1-3H3,(H,63,64)/b10-7-,18-15-,19-16-,26-24-,31-29-. The zero-order valence-electron chi connectivity index (χ0n) is 44.7. The highest BCUT2D eigenvalue weighted by atomic mass is 31.2. The maximum Gasteiger partial charge on any atom is 0.472 e. The van der Waals surface area contributed by atoms with Crippen molar-refractivity contribution < 1.29 is 52.2 Å². The molecule has 0 spiro atoms. The Morgan fingerprint density at radius 1 is 0.414 bits per heavy atom. The van der Waals surface area contributed by atoms with Gasteiger partial charge in [-0.15, -0.1) is 0 Å². The predicted molar refractivity (Wildman–Crippen MR) is 288 cm³/mol. The first-order valence-corrected chi connectivity index (χ1v) is 29.7. The van der Waals surface area contributed by atoms with Crippen LogP contribution in [0.15, 0.2) is 60.8 Å². The minimum absolute atomic E-state index is 0.138. The monoisotopic (exact) mass is 1010 g/mol. The Labute approximate surface area is 427 Å². The van der Waals surface area contributed by atoms with Crippen LogP contribution in [-0.2, 0) is 42.2 Å². The molecule has 0 bridgehead atoms. The van der Waals surface area contributed by atoms with Gasteiger partial charge < -0.3 is 24.2 Å². The molecule has 0 rings (SSSR count). The second-order valence-corrected chi connectivity index (χ2v) is 20.2. The molecule has 70 heavy (non-hydrogen) atoms. The van der Waals surface area contributed by atoms with Gasteiger partial charge in [0.25, 0.3) is 0 Å². The van der Waals surface area contributed by atoms with Crippen LogP contribution in [0.25, 0.3) is 0 Å². The molecule has 0 aromatic rings. The number of phosphoric ester groups is 1. The lowest BCUT2D eigenvalue weighted by Gasteiger charge is -2.21. The summed E-state index contributed by atoms with van der Waals surface area (Å²) in [5.41, 5.74) is 0. The highest BCUT2D eigenvalue weighted by Crippen LogP contribution is 2.43. The first-order chi connectivity index (χ1) is 34.2. The number of hydrogen-bond acceptors (Lipinski definition) is 10. The van der Waals surface area contributed by atoms with E-state index in [9.17, 15) is 28.9 Å². The molecule has 0 aliphatic heterocycles. The van der Waals surface area contributed by atoms with Gasteiger partial charge in [-0.2, -0.15) is 0 Å². The summed E-state index contributed by atoms with van der Waals surface area (Å²) in [7, 11) is -4.75. The SMILES string of the molecule is CC/C=C\C/C=C\C/C=C\C/C=C\CCCCCCC(=O)OC(COC(=O)CCCCCCC/C=C\CCCC)COP(=O)(O)OCC(CO)OC(=O)CCCCCCCCCCCCCCCCC. The van der Waals surface area contributed by atoms with Crippen molar-refractivity contribution >= 4 is 25.7 Å². The van der Waals surface area contributed by atoms with Gasteiger partial charge in [0.2, 0.25) is 0 Å². The third-order valence-corrected chi connectivity index (χ3v) is 12.9. The minimum Gasteiger partial charge on any atom is -0.462 e. The molecule has 0 radical (unpaired) electrons. The van der Waals surface area contributed by atoms with Gasteiger partial charge in [-0.25, -0.2) is 4.57 Å². The molecule has 2 N–H and O–H groups in total.